The van der Waals surface area contributed by atoms with Crippen molar-refractivity contribution in [3.05, 3.63) is 158 Å². The Morgan fingerprint density at radius 2 is 1.22 bits per heavy atom. The van der Waals surface area contributed by atoms with Gasteiger partial charge in [-0.05, 0) is 76.1 Å². The molecule has 0 amide bonds. The molecule has 0 spiro atoms. The number of benzene rings is 7. The lowest BCUT2D eigenvalue weighted by atomic mass is 9.99. The van der Waals surface area contributed by atoms with Gasteiger partial charge < -0.3 is 4.57 Å². The molecule has 11 aromatic rings. The van der Waals surface area contributed by atoms with E-state index in [1.807, 2.05) is 29.7 Å². The van der Waals surface area contributed by atoms with Crippen LogP contribution in [-0.4, -0.2) is 19.5 Å². The first-order valence-electron chi connectivity index (χ1n) is 16.8. The zero-order chi connectivity index (χ0) is 32.8. The zero-order valence-electron chi connectivity index (χ0n) is 26.7. The van der Waals surface area contributed by atoms with Crippen LogP contribution in [0.25, 0.3) is 103 Å². The molecule has 0 N–H and O–H groups in total. The highest BCUT2D eigenvalue weighted by atomic mass is 32.1. The van der Waals surface area contributed by atoms with E-state index >= 15 is 0 Å². The smallest absolute Gasteiger partial charge is 0.160 e. The van der Waals surface area contributed by atoms with Gasteiger partial charge in [-0.15, -0.1) is 11.3 Å². The average Bonchev–Trinajstić information content (AvgIpc) is 3.74. The molecule has 7 aromatic carbocycles. The minimum absolute atomic E-state index is 0.681. The fourth-order valence-electron chi connectivity index (χ4n) is 7.79. The van der Waals surface area contributed by atoms with Gasteiger partial charge in [0.2, 0.25) is 0 Å². The lowest BCUT2D eigenvalue weighted by Gasteiger charge is -2.12. The predicted molar refractivity (Wildman–Crippen MR) is 210 cm³/mol. The summed E-state index contributed by atoms with van der Waals surface area (Å²) in [5.41, 5.74) is 7.99. The molecule has 232 valence electrons. The van der Waals surface area contributed by atoms with Crippen LogP contribution in [0.1, 0.15) is 0 Å². The summed E-state index contributed by atoms with van der Waals surface area (Å²) in [6, 6.07) is 54.0. The molecule has 4 nitrogen and oxygen atoms in total. The van der Waals surface area contributed by atoms with Crippen molar-refractivity contribution in [1.82, 2.24) is 19.5 Å². The molecule has 4 aromatic heterocycles. The Labute approximate surface area is 290 Å². The van der Waals surface area contributed by atoms with Crippen molar-refractivity contribution in [2.75, 3.05) is 0 Å². The van der Waals surface area contributed by atoms with E-state index in [0.29, 0.717) is 5.82 Å². The van der Waals surface area contributed by atoms with E-state index < -0.39 is 0 Å². The van der Waals surface area contributed by atoms with Crippen LogP contribution in [0.15, 0.2) is 158 Å². The summed E-state index contributed by atoms with van der Waals surface area (Å²) in [4.78, 5) is 14.9. The maximum Gasteiger partial charge on any atom is 0.160 e. The lowest BCUT2D eigenvalue weighted by molar-refractivity contribution is 1.18. The highest BCUT2D eigenvalue weighted by Crippen LogP contribution is 2.47. The van der Waals surface area contributed by atoms with Gasteiger partial charge in [-0.25, -0.2) is 9.97 Å². The Hall–Kier alpha value is -6.43. The van der Waals surface area contributed by atoms with Crippen LogP contribution >= 0.6 is 11.3 Å². The van der Waals surface area contributed by atoms with Gasteiger partial charge in [0, 0.05) is 49.3 Å². The Bertz CT molecular complexity index is 3150. The highest BCUT2D eigenvalue weighted by Gasteiger charge is 2.22. The Kier molecular flexibility index (Phi) is 5.80. The molecule has 4 heterocycles. The number of hydrogen-bond acceptors (Lipinski definition) is 4. The Balaban J connectivity index is 1.14. The molecule has 0 aliphatic rings. The molecule has 5 heteroatoms. The summed E-state index contributed by atoms with van der Waals surface area (Å²) in [5, 5.41) is 10.1. The zero-order valence-corrected chi connectivity index (χ0v) is 27.5. The summed E-state index contributed by atoms with van der Waals surface area (Å²) in [6.07, 6.45) is 1.81. The van der Waals surface area contributed by atoms with Crippen LogP contribution < -0.4 is 0 Å². The second-order valence-electron chi connectivity index (χ2n) is 12.8. The monoisotopic (exact) mass is 654 g/mol. The summed E-state index contributed by atoms with van der Waals surface area (Å²) < 4.78 is 5.06. The first-order chi connectivity index (χ1) is 24.8. The molecule has 11 rings (SSSR count). The topological polar surface area (TPSA) is 43.6 Å². The first-order valence-corrected chi connectivity index (χ1v) is 17.6. The van der Waals surface area contributed by atoms with Gasteiger partial charge in [-0.2, -0.15) is 0 Å². The number of pyridine rings is 1. The fraction of sp³-hybridized carbons (Fsp3) is 0. The number of rotatable bonds is 3. The molecule has 0 fully saturated rings. The van der Waals surface area contributed by atoms with Crippen LogP contribution in [0.4, 0.5) is 0 Å². The molecule has 0 saturated carbocycles. The molecular weight excluding hydrogens is 629 g/mol. The van der Waals surface area contributed by atoms with E-state index in [1.54, 1.807) is 0 Å². The van der Waals surface area contributed by atoms with Crippen molar-refractivity contribution >= 4 is 85.9 Å². The van der Waals surface area contributed by atoms with E-state index in [1.165, 1.54) is 63.5 Å². The summed E-state index contributed by atoms with van der Waals surface area (Å²) in [6.45, 7) is 0. The number of thiophene rings is 1. The van der Waals surface area contributed by atoms with Crippen LogP contribution in [0.3, 0.4) is 0 Å². The quantitative estimate of drug-likeness (QED) is 0.190. The van der Waals surface area contributed by atoms with Gasteiger partial charge in [-0.1, -0.05) is 97.1 Å². The highest BCUT2D eigenvalue weighted by molar-refractivity contribution is 7.27. The van der Waals surface area contributed by atoms with Crippen LogP contribution in [0.5, 0.6) is 0 Å². The molecule has 0 unspecified atom stereocenters. The van der Waals surface area contributed by atoms with Crippen molar-refractivity contribution in [2.24, 2.45) is 0 Å². The number of para-hydroxylation sites is 1. The number of hydrogen-bond donors (Lipinski definition) is 0. The van der Waals surface area contributed by atoms with E-state index in [4.69, 9.17) is 15.0 Å². The predicted octanol–water partition coefficient (Wildman–Crippen LogP) is 12.1. The van der Waals surface area contributed by atoms with Crippen LogP contribution in [-0.2, 0) is 0 Å². The van der Waals surface area contributed by atoms with Crippen molar-refractivity contribution in [3.63, 3.8) is 0 Å². The van der Waals surface area contributed by atoms with Crippen molar-refractivity contribution in [2.45, 2.75) is 0 Å². The molecule has 0 radical (unpaired) electrons. The Morgan fingerprint density at radius 1 is 0.520 bits per heavy atom. The maximum atomic E-state index is 5.16. The molecule has 0 aliphatic carbocycles. The second-order valence-corrected chi connectivity index (χ2v) is 13.9. The number of nitrogens with zero attached hydrogens (tertiary/aromatic N) is 4. The fourth-order valence-corrected chi connectivity index (χ4v) is 9.05. The van der Waals surface area contributed by atoms with Gasteiger partial charge in [-0.3, -0.25) is 4.98 Å². The average molecular weight is 655 g/mol. The third-order valence-corrected chi connectivity index (χ3v) is 11.2. The largest absolute Gasteiger partial charge is 0.308 e. The van der Waals surface area contributed by atoms with Gasteiger partial charge in [0.05, 0.1) is 21.3 Å². The van der Waals surface area contributed by atoms with Crippen molar-refractivity contribution in [1.29, 1.82) is 0 Å². The standard InChI is InChI=1S/C45H26N4S/c1-2-11-29-26-30(20-19-27(29)10-1)41-42-36(16-9-25-46-42)47-45(48-41)28-21-23-31(24-22-28)49-37-17-7-5-14-34(37)39-32-12-3-4-13-33(32)40-35-15-6-8-18-38(35)50-44(40)43(39)49/h1-26H. The molecule has 0 aliphatic heterocycles. The number of aromatic nitrogens is 4. The van der Waals surface area contributed by atoms with Crippen LogP contribution in [0.2, 0.25) is 0 Å². The van der Waals surface area contributed by atoms with Gasteiger partial charge in [0.1, 0.15) is 11.2 Å². The van der Waals surface area contributed by atoms with E-state index in [9.17, 15) is 0 Å². The van der Waals surface area contributed by atoms with E-state index in [2.05, 4.69) is 144 Å². The summed E-state index contributed by atoms with van der Waals surface area (Å²) in [5.74, 6) is 0.681. The summed E-state index contributed by atoms with van der Waals surface area (Å²) >= 11 is 1.88. The molecular formula is C45H26N4S. The van der Waals surface area contributed by atoms with E-state index in [0.717, 1.165) is 33.5 Å². The minimum atomic E-state index is 0.681. The third kappa shape index (κ3) is 3.95. The van der Waals surface area contributed by atoms with Crippen LogP contribution in [0, 0.1) is 0 Å². The van der Waals surface area contributed by atoms with Gasteiger partial charge in [0.25, 0.3) is 0 Å². The molecule has 0 saturated heterocycles. The second kappa shape index (κ2) is 10.5. The minimum Gasteiger partial charge on any atom is -0.308 e. The van der Waals surface area contributed by atoms with Gasteiger partial charge >= 0.3 is 0 Å². The van der Waals surface area contributed by atoms with Gasteiger partial charge in [0.15, 0.2) is 5.82 Å². The van der Waals surface area contributed by atoms with Crippen molar-refractivity contribution in [3.8, 4) is 28.3 Å². The third-order valence-electron chi connectivity index (χ3n) is 10.0. The molecule has 0 atom stereocenters. The van der Waals surface area contributed by atoms with E-state index in [-0.39, 0.29) is 0 Å². The SMILES string of the molecule is c1ccc2cc(-c3nc(-c4ccc(-n5c6ccccc6c6c7ccccc7c7c8ccccc8sc7c65)cc4)nc4cccnc34)ccc2c1. The molecule has 0 bridgehead atoms. The normalized spacial score (nSPS) is 12.0. The number of fused-ring (bicyclic) bond motifs is 12. The molecule has 50 heavy (non-hydrogen) atoms. The van der Waals surface area contributed by atoms with Crippen molar-refractivity contribution < 1.29 is 0 Å². The maximum absolute atomic E-state index is 5.16. The first kappa shape index (κ1) is 27.5. The summed E-state index contributed by atoms with van der Waals surface area (Å²) in [7, 11) is 0. The Morgan fingerprint density at radius 3 is 2.08 bits per heavy atom. The lowest BCUT2D eigenvalue weighted by Crippen LogP contribution is -1.98.